The van der Waals surface area contributed by atoms with Crippen LogP contribution in [0.15, 0.2) is 18.3 Å². The molecule has 0 aliphatic carbocycles. The van der Waals surface area contributed by atoms with E-state index < -0.39 is 5.97 Å². The maximum absolute atomic E-state index is 11.5. The Morgan fingerprint density at radius 2 is 2.20 bits per heavy atom. The predicted octanol–water partition coefficient (Wildman–Crippen LogP) is 1.99. The number of anilines is 1. The van der Waals surface area contributed by atoms with E-state index in [2.05, 4.69) is 16.7 Å². The van der Waals surface area contributed by atoms with Crippen molar-refractivity contribution < 1.29 is 9.90 Å². The van der Waals surface area contributed by atoms with E-state index in [1.807, 2.05) is 25.8 Å². The van der Waals surface area contributed by atoms with Crippen molar-refractivity contribution in [2.24, 2.45) is 7.05 Å². The Bertz CT molecular complexity index is 703. The summed E-state index contributed by atoms with van der Waals surface area (Å²) in [6.45, 7) is 8.22. The van der Waals surface area contributed by atoms with Crippen LogP contribution in [0.1, 0.15) is 23.0 Å². The van der Waals surface area contributed by atoms with E-state index in [0.717, 1.165) is 16.7 Å². The Balaban J connectivity index is 2.78. The maximum Gasteiger partial charge on any atom is 0.339 e. The quantitative estimate of drug-likeness (QED) is 0.863. The van der Waals surface area contributed by atoms with Gasteiger partial charge in [-0.3, -0.25) is 4.68 Å². The number of pyridine rings is 1. The number of hydrogen-bond acceptors (Lipinski definition) is 4. The number of rotatable bonds is 4. The largest absolute Gasteiger partial charge is 0.478 e. The van der Waals surface area contributed by atoms with E-state index >= 15 is 0 Å². The molecule has 0 fully saturated rings. The lowest BCUT2D eigenvalue weighted by atomic mass is 10.1. The highest BCUT2D eigenvalue weighted by molar-refractivity contribution is 6.04. The third kappa shape index (κ3) is 2.24. The van der Waals surface area contributed by atoms with Crippen LogP contribution in [0, 0.1) is 6.92 Å². The van der Waals surface area contributed by atoms with Crippen LogP contribution in [-0.4, -0.2) is 39.4 Å². The first-order valence-electron chi connectivity index (χ1n) is 6.24. The highest BCUT2D eigenvalue weighted by Gasteiger charge is 2.21. The molecule has 1 N–H and O–H groups in total. The van der Waals surface area contributed by atoms with Gasteiger partial charge in [0.2, 0.25) is 0 Å². The number of aryl methyl sites for hydroxylation is 2. The first-order valence-corrected chi connectivity index (χ1v) is 6.24. The molecule has 0 spiro atoms. The average molecular weight is 274 g/mol. The first-order chi connectivity index (χ1) is 9.32. The molecule has 0 bridgehead atoms. The van der Waals surface area contributed by atoms with Gasteiger partial charge in [0.05, 0.1) is 16.8 Å². The van der Waals surface area contributed by atoms with Crippen LogP contribution >= 0.6 is 0 Å². The van der Waals surface area contributed by atoms with E-state index in [1.54, 1.807) is 11.7 Å². The van der Waals surface area contributed by atoms with Crippen LogP contribution in [0.5, 0.6) is 0 Å². The third-order valence-corrected chi connectivity index (χ3v) is 3.12. The lowest BCUT2D eigenvalue weighted by Crippen LogP contribution is -2.22. The molecule has 0 aliphatic heterocycles. The Labute approximate surface area is 117 Å². The average Bonchev–Trinajstić information content (AvgIpc) is 2.63. The minimum absolute atomic E-state index is 0.178. The number of hydrogen-bond donors (Lipinski definition) is 1. The van der Waals surface area contributed by atoms with Gasteiger partial charge in [-0.25, -0.2) is 9.78 Å². The Morgan fingerprint density at radius 3 is 2.75 bits per heavy atom. The van der Waals surface area contributed by atoms with Gasteiger partial charge in [-0.1, -0.05) is 12.2 Å². The fraction of sp³-hybridized carbons (Fsp3) is 0.357. The van der Waals surface area contributed by atoms with Crippen LogP contribution in [0.2, 0.25) is 0 Å². The summed E-state index contributed by atoms with van der Waals surface area (Å²) < 4.78 is 1.66. The molecule has 0 saturated heterocycles. The van der Waals surface area contributed by atoms with E-state index in [1.165, 1.54) is 6.20 Å². The molecular weight excluding hydrogens is 256 g/mol. The Morgan fingerprint density at radius 1 is 1.55 bits per heavy atom. The van der Waals surface area contributed by atoms with Gasteiger partial charge in [-0.15, -0.1) is 0 Å². The number of carboxylic acid groups (broad SMARTS) is 1. The van der Waals surface area contributed by atoms with E-state index in [4.69, 9.17) is 0 Å². The molecule has 2 heterocycles. The number of nitrogens with zero attached hydrogens (tertiary/aromatic N) is 4. The number of aromatic carboxylic acids is 1. The van der Waals surface area contributed by atoms with Crippen molar-refractivity contribution in [2.75, 3.05) is 18.5 Å². The minimum Gasteiger partial charge on any atom is -0.478 e. The van der Waals surface area contributed by atoms with Crippen molar-refractivity contribution in [3.05, 3.63) is 29.6 Å². The number of carbonyl (C=O) groups is 1. The molecule has 106 valence electrons. The molecule has 0 amide bonds. The summed E-state index contributed by atoms with van der Waals surface area (Å²) in [6, 6.07) is 0. The number of aromatic nitrogens is 3. The van der Waals surface area contributed by atoms with Crippen molar-refractivity contribution in [3.63, 3.8) is 0 Å². The van der Waals surface area contributed by atoms with Gasteiger partial charge in [0.25, 0.3) is 0 Å². The highest BCUT2D eigenvalue weighted by atomic mass is 16.4. The summed E-state index contributed by atoms with van der Waals surface area (Å²) in [5.41, 5.74) is 3.21. The van der Waals surface area contributed by atoms with Crippen LogP contribution in [0.25, 0.3) is 11.0 Å². The summed E-state index contributed by atoms with van der Waals surface area (Å²) in [6.07, 6.45) is 1.38. The molecule has 6 heteroatoms. The van der Waals surface area contributed by atoms with Gasteiger partial charge < -0.3 is 10.0 Å². The minimum atomic E-state index is -0.994. The molecular formula is C14H18N4O2. The van der Waals surface area contributed by atoms with E-state index in [0.29, 0.717) is 17.9 Å². The zero-order valence-corrected chi connectivity index (χ0v) is 12.1. The molecule has 2 rings (SSSR count). The van der Waals surface area contributed by atoms with Crippen LogP contribution in [0.4, 0.5) is 5.69 Å². The molecule has 0 unspecified atom stereocenters. The van der Waals surface area contributed by atoms with Crippen LogP contribution in [-0.2, 0) is 7.05 Å². The number of likely N-dealkylation sites (N-methyl/N-ethyl adjacent to an activating group) is 1. The smallest absolute Gasteiger partial charge is 0.339 e. The first kappa shape index (κ1) is 14.0. The van der Waals surface area contributed by atoms with Crippen molar-refractivity contribution in [1.82, 2.24) is 14.8 Å². The van der Waals surface area contributed by atoms with Gasteiger partial charge in [0, 0.05) is 26.8 Å². The molecule has 0 aliphatic rings. The van der Waals surface area contributed by atoms with Crippen LogP contribution in [0.3, 0.4) is 0 Å². The molecule has 0 saturated carbocycles. The second kappa shape index (κ2) is 4.96. The third-order valence-electron chi connectivity index (χ3n) is 3.12. The summed E-state index contributed by atoms with van der Waals surface area (Å²) >= 11 is 0. The zero-order chi connectivity index (χ0) is 15.0. The summed E-state index contributed by atoms with van der Waals surface area (Å²) in [5.74, 6) is -0.994. The summed E-state index contributed by atoms with van der Waals surface area (Å²) in [7, 11) is 3.65. The maximum atomic E-state index is 11.5. The SMILES string of the molecule is C=C(C)CN(C)c1c(C(=O)O)cnc2c1c(C)nn2C. The molecule has 6 nitrogen and oxygen atoms in total. The fourth-order valence-corrected chi connectivity index (χ4v) is 2.43. The fourth-order valence-electron chi connectivity index (χ4n) is 2.43. The lowest BCUT2D eigenvalue weighted by Gasteiger charge is -2.22. The topological polar surface area (TPSA) is 71.2 Å². The molecule has 0 atom stereocenters. The molecule has 2 aromatic heterocycles. The zero-order valence-electron chi connectivity index (χ0n) is 12.1. The van der Waals surface area contributed by atoms with E-state index in [-0.39, 0.29) is 5.56 Å². The molecule has 2 aromatic rings. The summed E-state index contributed by atoms with van der Waals surface area (Å²) in [4.78, 5) is 17.6. The van der Waals surface area contributed by atoms with Crippen molar-refractivity contribution in [3.8, 4) is 0 Å². The van der Waals surface area contributed by atoms with Crippen LogP contribution < -0.4 is 4.90 Å². The monoisotopic (exact) mass is 274 g/mol. The highest BCUT2D eigenvalue weighted by Crippen LogP contribution is 2.31. The number of carboxylic acids is 1. The van der Waals surface area contributed by atoms with Gasteiger partial charge in [-0.05, 0) is 13.8 Å². The number of fused-ring (bicyclic) bond motifs is 1. The molecule has 0 radical (unpaired) electrons. The standard InChI is InChI=1S/C14H18N4O2/c1-8(2)7-17(4)12-10(14(19)20)6-15-13-11(12)9(3)16-18(13)5/h6H,1,7H2,2-5H3,(H,19,20). The van der Waals surface area contributed by atoms with Gasteiger partial charge in [0.1, 0.15) is 5.56 Å². The second-order valence-electron chi connectivity index (χ2n) is 5.05. The Hall–Kier alpha value is -2.37. The van der Waals surface area contributed by atoms with E-state index in [9.17, 15) is 9.90 Å². The normalized spacial score (nSPS) is 10.8. The van der Waals surface area contributed by atoms with Crippen molar-refractivity contribution in [2.45, 2.75) is 13.8 Å². The lowest BCUT2D eigenvalue weighted by molar-refractivity contribution is 0.0697. The van der Waals surface area contributed by atoms with Crippen molar-refractivity contribution >= 4 is 22.7 Å². The summed E-state index contributed by atoms with van der Waals surface area (Å²) in [5, 5.41) is 14.5. The second-order valence-corrected chi connectivity index (χ2v) is 5.05. The predicted molar refractivity (Wildman–Crippen MR) is 78.3 cm³/mol. The Kier molecular flexibility index (Phi) is 3.48. The van der Waals surface area contributed by atoms with Gasteiger partial charge in [-0.2, -0.15) is 5.10 Å². The van der Waals surface area contributed by atoms with Gasteiger partial charge >= 0.3 is 5.97 Å². The van der Waals surface area contributed by atoms with Crippen molar-refractivity contribution in [1.29, 1.82) is 0 Å². The molecule has 20 heavy (non-hydrogen) atoms. The van der Waals surface area contributed by atoms with Gasteiger partial charge in [0.15, 0.2) is 5.65 Å². The molecule has 0 aromatic carbocycles.